The second kappa shape index (κ2) is 4.72. The summed E-state index contributed by atoms with van der Waals surface area (Å²) in [5.74, 6) is -0.691. The van der Waals surface area contributed by atoms with Gasteiger partial charge in [0.05, 0.1) is 4.92 Å². The van der Waals surface area contributed by atoms with Crippen LogP contribution < -0.4 is 5.32 Å². The average Bonchev–Trinajstić information content (AvgIpc) is 2.26. The SMILES string of the molecule is CC1CC(NC(=O)c2cc(F)ccc2[N+](=O)[O-])C1. The van der Waals surface area contributed by atoms with E-state index < -0.39 is 16.6 Å². The van der Waals surface area contributed by atoms with Gasteiger partial charge in [0, 0.05) is 12.1 Å². The van der Waals surface area contributed by atoms with Gasteiger partial charge in [0.25, 0.3) is 11.6 Å². The molecule has 6 heteroatoms. The highest BCUT2D eigenvalue weighted by atomic mass is 19.1. The van der Waals surface area contributed by atoms with Gasteiger partial charge < -0.3 is 5.32 Å². The number of halogens is 1. The molecule has 0 aromatic heterocycles. The van der Waals surface area contributed by atoms with Crippen LogP contribution in [-0.4, -0.2) is 16.9 Å². The molecule has 1 saturated carbocycles. The minimum atomic E-state index is -0.683. The van der Waals surface area contributed by atoms with Crippen molar-refractivity contribution in [3.8, 4) is 0 Å². The van der Waals surface area contributed by atoms with E-state index in [-0.39, 0.29) is 17.3 Å². The molecule has 1 fully saturated rings. The first-order valence-electron chi connectivity index (χ1n) is 5.72. The maximum Gasteiger partial charge on any atom is 0.282 e. The maximum absolute atomic E-state index is 13.1. The fourth-order valence-corrected chi connectivity index (χ4v) is 2.13. The van der Waals surface area contributed by atoms with Crippen molar-refractivity contribution in [2.45, 2.75) is 25.8 Å². The topological polar surface area (TPSA) is 72.2 Å². The number of amides is 1. The van der Waals surface area contributed by atoms with Gasteiger partial charge in [-0.3, -0.25) is 14.9 Å². The Balaban J connectivity index is 2.18. The van der Waals surface area contributed by atoms with Crippen molar-refractivity contribution in [3.63, 3.8) is 0 Å². The van der Waals surface area contributed by atoms with Gasteiger partial charge in [-0.2, -0.15) is 0 Å². The van der Waals surface area contributed by atoms with Crippen LogP contribution >= 0.6 is 0 Å². The molecule has 1 N–H and O–H groups in total. The standard InChI is InChI=1S/C12H13FN2O3/c1-7-4-9(5-7)14-12(16)10-6-8(13)2-3-11(10)15(17)18/h2-3,6-7,9H,4-5H2,1H3,(H,14,16). The van der Waals surface area contributed by atoms with Crippen molar-refractivity contribution in [1.29, 1.82) is 0 Å². The van der Waals surface area contributed by atoms with Gasteiger partial charge in [0.2, 0.25) is 0 Å². The number of hydrogen-bond acceptors (Lipinski definition) is 3. The summed E-state index contributed by atoms with van der Waals surface area (Å²) >= 11 is 0. The summed E-state index contributed by atoms with van der Waals surface area (Å²) in [6.45, 7) is 2.06. The van der Waals surface area contributed by atoms with E-state index in [0.717, 1.165) is 31.0 Å². The number of nitrogens with zero attached hydrogens (tertiary/aromatic N) is 1. The fraction of sp³-hybridized carbons (Fsp3) is 0.417. The Morgan fingerprint density at radius 1 is 1.50 bits per heavy atom. The van der Waals surface area contributed by atoms with Crippen molar-refractivity contribution >= 4 is 11.6 Å². The monoisotopic (exact) mass is 252 g/mol. The first-order chi connectivity index (χ1) is 8.47. The molecular weight excluding hydrogens is 239 g/mol. The Morgan fingerprint density at radius 2 is 2.17 bits per heavy atom. The zero-order chi connectivity index (χ0) is 13.3. The number of carbonyl (C=O) groups excluding carboxylic acids is 1. The predicted octanol–water partition coefficient (Wildman–Crippen LogP) is 2.26. The first kappa shape index (κ1) is 12.5. The number of benzene rings is 1. The molecule has 0 aliphatic heterocycles. The highest BCUT2D eigenvalue weighted by Gasteiger charge is 2.29. The van der Waals surface area contributed by atoms with Gasteiger partial charge in [0.1, 0.15) is 11.4 Å². The van der Waals surface area contributed by atoms with Gasteiger partial charge in [0.15, 0.2) is 0 Å². The lowest BCUT2D eigenvalue weighted by Crippen LogP contribution is -2.43. The van der Waals surface area contributed by atoms with Crippen LogP contribution in [0.2, 0.25) is 0 Å². The molecule has 0 spiro atoms. The number of nitro groups is 1. The molecule has 0 unspecified atom stereocenters. The van der Waals surface area contributed by atoms with Crippen molar-refractivity contribution in [3.05, 3.63) is 39.7 Å². The van der Waals surface area contributed by atoms with Gasteiger partial charge in [-0.05, 0) is 30.9 Å². The molecule has 0 saturated heterocycles. The summed E-state index contributed by atoms with van der Waals surface area (Å²) < 4.78 is 13.1. The first-order valence-corrected chi connectivity index (χ1v) is 5.72. The number of rotatable bonds is 3. The molecule has 2 rings (SSSR count). The minimum absolute atomic E-state index is 0.0374. The van der Waals surface area contributed by atoms with Gasteiger partial charge in [-0.1, -0.05) is 6.92 Å². The van der Waals surface area contributed by atoms with Crippen LogP contribution in [0.4, 0.5) is 10.1 Å². The third kappa shape index (κ3) is 2.47. The third-order valence-electron chi connectivity index (χ3n) is 3.11. The molecule has 1 aromatic rings. The highest BCUT2D eigenvalue weighted by Crippen LogP contribution is 2.27. The minimum Gasteiger partial charge on any atom is -0.349 e. The maximum atomic E-state index is 13.1. The summed E-state index contributed by atoms with van der Waals surface area (Å²) in [5, 5.41) is 13.4. The second-order valence-corrected chi connectivity index (χ2v) is 4.67. The molecular formula is C12H13FN2O3. The van der Waals surface area contributed by atoms with Crippen LogP contribution in [0.1, 0.15) is 30.1 Å². The molecule has 0 heterocycles. The van der Waals surface area contributed by atoms with Crippen molar-refractivity contribution < 1.29 is 14.1 Å². The molecule has 96 valence electrons. The number of hydrogen-bond donors (Lipinski definition) is 1. The zero-order valence-corrected chi connectivity index (χ0v) is 9.85. The average molecular weight is 252 g/mol. The van der Waals surface area contributed by atoms with E-state index in [1.807, 2.05) is 0 Å². The lowest BCUT2D eigenvalue weighted by atomic mass is 9.82. The Kier molecular flexibility index (Phi) is 3.27. The Bertz CT molecular complexity index is 498. The number of nitro benzene ring substituents is 1. The summed E-state index contributed by atoms with van der Waals surface area (Å²) in [6, 6.07) is 2.92. The van der Waals surface area contributed by atoms with E-state index in [9.17, 15) is 19.3 Å². The molecule has 0 atom stereocenters. The second-order valence-electron chi connectivity index (χ2n) is 4.67. The molecule has 18 heavy (non-hydrogen) atoms. The van der Waals surface area contributed by atoms with Crippen molar-refractivity contribution in [2.24, 2.45) is 5.92 Å². The highest BCUT2D eigenvalue weighted by molar-refractivity contribution is 5.98. The molecule has 1 aliphatic rings. The van der Waals surface area contributed by atoms with E-state index in [0.29, 0.717) is 5.92 Å². The molecule has 5 nitrogen and oxygen atoms in total. The predicted molar refractivity (Wildman–Crippen MR) is 62.7 cm³/mol. The Morgan fingerprint density at radius 3 is 2.72 bits per heavy atom. The third-order valence-corrected chi connectivity index (χ3v) is 3.11. The summed E-state index contributed by atoms with van der Waals surface area (Å²) in [6.07, 6.45) is 1.71. The van der Waals surface area contributed by atoms with Crippen LogP contribution in [-0.2, 0) is 0 Å². The zero-order valence-electron chi connectivity index (χ0n) is 9.85. The number of carbonyl (C=O) groups is 1. The van der Waals surface area contributed by atoms with Crippen LogP contribution in [0.15, 0.2) is 18.2 Å². The van der Waals surface area contributed by atoms with E-state index in [4.69, 9.17) is 0 Å². The molecule has 0 radical (unpaired) electrons. The van der Waals surface area contributed by atoms with E-state index in [1.54, 1.807) is 0 Å². The van der Waals surface area contributed by atoms with Gasteiger partial charge in [-0.25, -0.2) is 4.39 Å². The Labute approximate surface area is 103 Å². The van der Waals surface area contributed by atoms with Gasteiger partial charge in [-0.15, -0.1) is 0 Å². The van der Waals surface area contributed by atoms with E-state index in [2.05, 4.69) is 12.2 Å². The lowest BCUT2D eigenvalue weighted by Gasteiger charge is -2.33. The Hall–Kier alpha value is -1.98. The van der Waals surface area contributed by atoms with Crippen LogP contribution in [0.3, 0.4) is 0 Å². The quantitative estimate of drug-likeness (QED) is 0.662. The lowest BCUT2D eigenvalue weighted by molar-refractivity contribution is -0.385. The summed E-state index contributed by atoms with van der Waals surface area (Å²) in [4.78, 5) is 21.9. The normalized spacial score (nSPS) is 22.1. The van der Waals surface area contributed by atoms with Crippen molar-refractivity contribution in [1.82, 2.24) is 5.32 Å². The smallest absolute Gasteiger partial charge is 0.282 e. The molecule has 0 bridgehead atoms. The molecule has 1 aliphatic carbocycles. The number of nitrogens with one attached hydrogen (secondary N) is 1. The largest absolute Gasteiger partial charge is 0.349 e. The van der Waals surface area contributed by atoms with Gasteiger partial charge >= 0.3 is 0 Å². The van der Waals surface area contributed by atoms with Crippen LogP contribution in [0, 0.1) is 21.8 Å². The van der Waals surface area contributed by atoms with E-state index in [1.165, 1.54) is 0 Å². The molecule has 1 amide bonds. The fourth-order valence-electron chi connectivity index (χ4n) is 2.13. The summed E-state index contributed by atoms with van der Waals surface area (Å²) in [7, 11) is 0. The molecule has 1 aromatic carbocycles. The van der Waals surface area contributed by atoms with Crippen LogP contribution in [0.25, 0.3) is 0 Å². The summed E-state index contributed by atoms with van der Waals surface area (Å²) in [5.41, 5.74) is -0.596. The van der Waals surface area contributed by atoms with Crippen LogP contribution in [0.5, 0.6) is 0 Å². The van der Waals surface area contributed by atoms with E-state index >= 15 is 0 Å². The van der Waals surface area contributed by atoms with Crippen molar-refractivity contribution in [2.75, 3.05) is 0 Å².